The quantitative estimate of drug-likeness (QED) is 0.512. The van der Waals surface area contributed by atoms with Crippen molar-refractivity contribution in [3.8, 4) is 0 Å². The second-order valence-corrected chi connectivity index (χ2v) is 10.2. The van der Waals surface area contributed by atoms with Gasteiger partial charge in [0.25, 0.3) is 5.91 Å². The van der Waals surface area contributed by atoms with Crippen molar-refractivity contribution in [3.05, 3.63) is 77.5 Å². The van der Waals surface area contributed by atoms with Crippen molar-refractivity contribution in [2.24, 2.45) is 0 Å². The highest BCUT2D eigenvalue weighted by atomic mass is 16.5. The van der Waals surface area contributed by atoms with Crippen molar-refractivity contribution in [1.82, 2.24) is 9.88 Å². The number of hydrogen-bond donors (Lipinski definition) is 1. The van der Waals surface area contributed by atoms with E-state index in [4.69, 9.17) is 4.74 Å². The SMILES string of the molecule is Cc1cccc(CN(C)C(=O)c2cccc(Nc3cc4c(cn3)N(C)C(=O)C(C)N4C3CCOCC3)c2)c1. The molecule has 2 aliphatic rings. The Bertz CT molecular complexity index is 1340. The van der Waals surface area contributed by atoms with Gasteiger partial charge in [0.1, 0.15) is 11.9 Å². The maximum Gasteiger partial charge on any atom is 0.253 e. The van der Waals surface area contributed by atoms with E-state index in [1.54, 1.807) is 23.0 Å². The van der Waals surface area contributed by atoms with Crippen molar-refractivity contribution in [2.75, 3.05) is 42.4 Å². The summed E-state index contributed by atoms with van der Waals surface area (Å²) in [5.41, 5.74) is 5.43. The van der Waals surface area contributed by atoms with E-state index >= 15 is 0 Å². The van der Waals surface area contributed by atoms with E-state index in [-0.39, 0.29) is 23.9 Å². The molecule has 3 aromatic rings. The predicted octanol–water partition coefficient (Wildman–Crippen LogP) is 4.76. The molecule has 38 heavy (non-hydrogen) atoms. The predicted molar refractivity (Wildman–Crippen MR) is 150 cm³/mol. The van der Waals surface area contributed by atoms with Crippen LogP contribution in [0.3, 0.4) is 0 Å². The Labute approximate surface area is 224 Å². The number of nitrogens with zero attached hydrogens (tertiary/aromatic N) is 4. The van der Waals surface area contributed by atoms with Gasteiger partial charge in [-0.05, 0) is 50.5 Å². The molecule has 0 radical (unpaired) electrons. The Morgan fingerprint density at radius 3 is 2.63 bits per heavy atom. The molecule has 2 aromatic carbocycles. The summed E-state index contributed by atoms with van der Waals surface area (Å²) in [6.07, 6.45) is 3.51. The minimum atomic E-state index is -0.268. The monoisotopic (exact) mass is 513 g/mol. The highest BCUT2D eigenvalue weighted by molar-refractivity contribution is 6.05. The summed E-state index contributed by atoms with van der Waals surface area (Å²) in [5, 5.41) is 3.37. The van der Waals surface area contributed by atoms with E-state index in [0.717, 1.165) is 35.5 Å². The van der Waals surface area contributed by atoms with E-state index in [1.165, 1.54) is 5.56 Å². The number of nitrogens with one attached hydrogen (secondary N) is 1. The Morgan fingerprint density at radius 2 is 1.87 bits per heavy atom. The van der Waals surface area contributed by atoms with E-state index in [0.29, 0.717) is 31.1 Å². The molecule has 8 nitrogen and oxygen atoms in total. The molecule has 3 heterocycles. The lowest BCUT2D eigenvalue weighted by atomic mass is 10.00. The number of aryl methyl sites for hydroxylation is 1. The second kappa shape index (κ2) is 10.8. The zero-order chi connectivity index (χ0) is 26.8. The van der Waals surface area contributed by atoms with Crippen molar-refractivity contribution in [1.29, 1.82) is 0 Å². The molecule has 2 aliphatic heterocycles. The van der Waals surface area contributed by atoms with Gasteiger partial charge in [-0.1, -0.05) is 35.9 Å². The molecule has 1 atom stereocenters. The fraction of sp³-hybridized carbons (Fsp3) is 0.367. The zero-order valence-corrected chi connectivity index (χ0v) is 22.5. The number of benzene rings is 2. The largest absolute Gasteiger partial charge is 0.381 e. The lowest BCUT2D eigenvalue weighted by Gasteiger charge is -2.45. The topological polar surface area (TPSA) is 78.0 Å². The van der Waals surface area contributed by atoms with Crippen molar-refractivity contribution >= 4 is 34.7 Å². The third-order valence-electron chi connectivity index (χ3n) is 7.42. The van der Waals surface area contributed by atoms with Gasteiger partial charge in [0.2, 0.25) is 5.91 Å². The van der Waals surface area contributed by atoms with Gasteiger partial charge in [-0.2, -0.15) is 0 Å². The van der Waals surface area contributed by atoms with Crippen LogP contribution in [0, 0.1) is 6.92 Å². The number of likely N-dealkylation sites (N-methyl/N-ethyl adjacent to an activating group) is 1. The molecule has 198 valence electrons. The number of fused-ring (bicyclic) bond motifs is 1. The maximum absolute atomic E-state index is 13.2. The molecule has 0 spiro atoms. The van der Waals surface area contributed by atoms with E-state index < -0.39 is 0 Å². The summed E-state index contributed by atoms with van der Waals surface area (Å²) < 4.78 is 5.57. The lowest BCUT2D eigenvalue weighted by molar-refractivity contribution is -0.119. The second-order valence-electron chi connectivity index (χ2n) is 10.2. The van der Waals surface area contributed by atoms with E-state index in [9.17, 15) is 9.59 Å². The van der Waals surface area contributed by atoms with Gasteiger partial charge in [-0.3, -0.25) is 9.59 Å². The molecule has 1 aromatic heterocycles. The van der Waals surface area contributed by atoms with E-state index in [1.807, 2.05) is 56.4 Å². The smallest absolute Gasteiger partial charge is 0.253 e. The van der Waals surface area contributed by atoms with Crippen molar-refractivity contribution < 1.29 is 14.3 Å². The number of pyridine rings is 1. The minimum absolute atomic E-state index is 0.0480. The number of carbonyl (C=O) groups is 2. The van der Waals surface area contributed by atoms with Crippen LogP contribution in [0.2, 0.25) is 0 Å². The third kappa shape index (κ3) is 5.22. The van der Waals surface area contributed by atoms with Gasteiger partial charge in [0, 0.05) is 57.2 Å². The first kappa shape index (κ1) is 25.7. The van der Waals surface area contributed by atoms with Crippen LogP contribution >= 0.6 is 0 Å². The Hall–Kier alpha value is -3.91. The molecule has 0 aliphatic carbocycles. The summed E-state index contributed by atoms with van der Waals surface area (Å²) in [6, 6.07) is 17.6. The normalized spacial score (nSPS) is 17.8. The van der Waals surface area contributed by atoms with Crippen LogP contribution in [0.15, 0.2) is 60.8 Å². The first-order valence-corrected chi connectivity index (χ1v) is 13.1. The van der Waals surface area contributed by atoms with Crippen LogP contribution < -0.4 is 15.1 Å². The van der Waals surface area contributed by atoms with Gasteiger partial charge in [0.15, 0.2) is 0 Å². The van der Waals surface area contributed by atoms with E-state index in [2.05, 4.69) is 34.3 Å². The standard InChI is InChI=1S/C30H35N5O3/c1-20-7-5-8-22(15-20)19-33(3)30(37)23-9-6-10-24(16-23)32-28-17-26-27(18-31-28)34(4)29(36)21(2)35(26)25-11-13-38-14-12-25/h5-10,15-18,21,25H,11-14,19H2,1-4H3,(H,31,32). The first-order chi connectivity index (χ1) is 18.3. The third-order valence-corrected chi connectivity index (χ3v) is 7.42. The summed E-state index contributed by atoms with van der Waals surface area (Å²) in [5.74, 6) is 0.675. The Balaban J connectivity index is 1.37. The number of hydrogen-bond acceptors (Lipinski definition) is 6. The van der Waals surface area contributed by atoms with Crippen molar-refractivity contribution in [2.45, 2.75) is 45.3 Å². The summed E-state index contributed by atoms with van der Waals surface area (Å²) in [7, 11) is 3.62. The van der Waals surface area contributed by atoms with Gasteiger partial charge in [-0.25, -0.2) is 4.98 Å². The minimum Gasteiger partial charge on any atom is -0.381 e. The fourth-order valence-corrected chi connectivity index (χ4v) is 5.43. The Kier molecular flexibility index (Phi) is 7.33. The average Bonchev–Trinajstić information content (AvgIpc) is 2.92. The number of carbonyl (C=O) groups excluding carboxylic acids is 2. The van der Waals surface area contributed by atoms with Crippen LogP contribution in [-0.2, 0) is 16.1 Å². The fourth-order valence-electron chi connectivity index (χ4n) is 5.43. The molecule has 1 N–H and O–H groups in total. The zero-order valence-electron chi connectivity index (χ0n) is 22.5. The van der Waals surface area contributed by atoms with Crippen LogP contribution in [0.25, 0.3) is 0 Å². The molecule has 0 bridgehead atoms. The highest BCUT2D eigenvalue weighted by Crippen LogP contribution is 2.39. The van der Waals surface area contributed by atoms with Crippen LogP contribution in [-0.4, -0.2) is 61.1 Å². The van der Waals surface area contributed by atoms with Gasteiger partial charge in [-0.15, -0.1) is 0 Å². The first-order valence-electron chi connectivity index (χ1n) is 13.1. The maximum atomic E-state index is 13.2. The van der Waals surface area contributed by atoms with Crippen molar-refractivity contribution in [3.63, 3.8) is 0 Å². The number of amides is 2. The number of anilines is 4. The highest BCUT2D eigenvalue weighted by Gasteiger charge is 2.38. The summed E-state index contributed by atoms with van der Waals surface area (Å²) in [6.45, 7) is 5.95. The number of rotatable bonds is 6. The molecular weight excluding hydrogens is 478 g/mol. The lowest BCUT2D eigenvalue weighted by Crippen LogP contribution is -2.55. The summed E-state index contributed by atoms with van der Waals surface area (Å²) >= 11 is 0. The molecule has 8 heteroatoms. The van der Waals surface area contributed by atoms with Crippen LogP contribution in [0.4, 0.5) is 22.9 Å². The summed E-state index contributed by atoms with van der Waals surface area (Å²) in [4.78, 5) is 36.4. The van der Waals surface area contributed by atoms with Crippen LogP contribution in [0.1, 0.15) is 41.3 Å². The molecule has 2 amide bonds. The molecular formula is C30H35N5O3. The Morgan fingerprint density at radius 1 is 1.11 bits per heavy atom. The number of aromatic nitrogens is 1. The van der Waals surface area contributed by atoms with Gasteiger partial charge in [0.05, 0.1) is 17.6 Å². The molecule has 5 rings (SSSR count). The molecule has 1 saturated heterocycles. The molecule has 1 fully saturated rings. The van der Waals surface area contributed by atoms with Crippen LogP contribution in [0.5, 0.6) is 0 Å². The molecule has 1 unspecified atom stereocenters. The van der Waals surface area contributed by atoms with Gasteiger partial charge >= 0.3 is 0 Å². The average molecular weight is 514 g/mol. The number of ether oxygens (including phenoxy) is 1. The molecule has 0 saturated carbocycles. The van der Waals surface area contributed by atoms with Gasteiger partial charge < -0.3 is 24.8 Å².